The molecule has 0 bridgehead atoms. The molecule has 1 unspecified atom stereocenters. The van der Waals surface area contributed by atoms with Crippen molar-refractivity contribution in [3.63, 3.8) is 0 Å². The third kappa shape index (κ3) is 3.05. The second kappa shape index (κ2) is 4.57. The first-order valence-electron chi connectivity index (χ1n) is 6.21. The lowest BCUT2D eigenvalue weighted by atomic mass is 10.1. The maximum absolute atomic E-state index is 11.7. The van der Waals surface area contributed by atoms with E-state index in [1.54, 1.807) is 39.0 Å². The second-order valence-corrected chi connectivity index (χ2v) is 5.62. The summed E-state index contributed by atoms with van der Waals surface area (Å²) in [6.07, 6.45) is -0.502. The molecule has 0 radical (unpaired) electrons. The molecule has 5 heteroatoms. The standard InChI is InChI=1S/C14H18N2O3/c1-8-11-7-9(5-6-10(11)12(17)15-8)16-13(18)19-14(2,3)4/h5-8H,1-4H3,(H,15,17)(H,16,18). The summed E-state index contributed by atoms with van der Waals surface area (Å²) in [6, 6.07) is 5.16. The Balaban J connectivity index is 2.14. The van der Waals surface area contributed by atoms with Crippen molar-refractivity contribution in [2.24, 2.45) is 0 Å². The number of carbonyl (C=O) groups is 2. The van der Waals surface area contributed by atoms with E-state index >= 15 is 0 Å². The Morgan fingerprint density at radius 1 is 1.37 bits per heavy atom. The Bertz CT molecular complexity index is 532. The van der Waals surface area contributed by atoms with Gasteiger partial charge in [-0.15, -0.1) is 0 Å². The van der Waals surface area contributed by atoms with Crippen LogP contribution in [-0.2, 0) is 4.74 Å². The molecule has 0 saturated heterocycles. The number of carbonyl (C=O) groups excluding carboxylic acids is 2. The minimum absolute atomic E-state index is 0.0390. The first-order chi connectivity index (χ1) is 8.76. The van der Waals surface area contributed by atoms with Gasteiger partial charge < -0.3 is 10.1 Å². The van der Waals surface area contributed by atoms with Crippen LogP contribution in [0.2, 0.25) is 0 Å². The highest BCUT2D eigenvalue weighted by molar-refractivity contribution is 6.00. The summed E-state index contributed by atoms with van der Waals surface area (Å²) in [5, 5.41) is 5.48. The monoisotopic (exact) mass is 262 g/mol. The SMILES string of the molecule is CC1NC(=O)c2ccc(NC(=O)OC(C)(C)C)cc21. The topological polar surface area (TPSA) is 67.4 Å². The molecule has 0 fully saturated rings. The van der Waals surface area contributed by atoms with E-state index in [4.69, 9.17) is 4.74 Å². The molecule has 1 heterocycles. The summed E-state index contributed by atoms with van der Waals surface area (Å²) < 4.78 is 5.18. The maximum Gasteiger partial charge on any atom is 0.412 e. The summed E-state index contributed by atoms with van der Waals surface area (Å²) in [7, 11) is 0. The minimum atomic E-state index is -0.536. The molecule has 1 aliphatic heterocycles. The zero-order valence-corrected chi connectivity index (χ0v) is 11.5. The summed E-state index contributed by atoms with van der Waals surface area (Å²) in [5.41, 5.74) is 1.63. The molecular formula is C14H18N2O3. The molecule has 102 valence electrons. The van der Waals surface area contributed by atoms with E-state index < -0.39 is 11.7 Å². The van der Waals surface area contributed by atoms with Crippen LogP contribution in [0.15, 0.2) is 18.2 Å². The number of ether oxygens (including phenoxy) is 1. The van der Waals surface area contributed by atoms with Crippen LogP contribution in [-0.4, -0.2) is 17.6 Å². The number of amides is 2. The van der Waals surface area contributed by atoms with E-state index in [9.17, 15) is 9.59 Å². The van der Waals surface area contributed by atoms with Gasteiger partial charge in [-0.1, -0.05) is 0 Å². The van der Waals surface area contributed by atoms with Gasteiger partial charge in [-0.05, 0) is 51.5 Å². The molecule has 5 nitrogen and oxygen atoms in total. The van der Waals surface area contributed by atoms with Crippen molar-refractivity contribution < 1.29 is 14.3 Å². The predicted octanol–water partition coefficient (Wildman–Crippen LogP) is 2.84. The van der Waals surface area contributed by atoms with Gasteiger partial charge in [-0.3, -0.25) is 10.1 Å². The summed E-state index contributed by atoms with van der Waals surface area (Å²) in [5.74, 6) is -0.0775. The molecule has 19 heavy (non-hydrogen) atoms. The van der Waals surface area contributed by atoms with Gasteiger partial charge in [0.15, 0.2) is 0 Å². The minimum Gasteiger partial charge on any atom is -0.444 e. The normalized spacial score (nSPS) is 17.7. The smallest absolute Gasteiger partial charge is 0.412 e. The van der Waals surface area contributed by atoms with E-state index in [2.05, 4.69) is 10.6 Å². The first-order valence-corrected chi connectivity index (χ1v) is 6.21. The Kier molecular flexibility index (Phi) is 3.22. The van der Waals surface area contributed by atoms with Crippen molar-refractivity contribution in [3.8, 4) is 0 Å². The van der Waals surface area contributed by atoms with Crippen molar-refractivity contribution in [1.82, 2.24) is 5.32 Å². The third-order valence-corrected chi connectivity index (χ3v) is 2.76. The lowest BCUT2D eigenvalue weighted by Crippen LogP contribution is -2.27. The van der Waals surface area contributed by atoms with Gasteiger partial charge in [0.1, 0.15) is 5.60 Å². The van der Waals surface area contributed by atoms with Crippen LogP contribution in [0.1, 0.15) is 49.7 Å². The lowest BCUT2D eigenvalue weighted by Gasteiger charge is -2.19. The largest absolute Gasteiger partial charge is 0.444 e. The zero-order chi connectivity index (χ0) is 14.2. The Labute approximate surface area is 112 Å². The van der Waals surface area contributed by atoms with Crippen LogP contribution in [0.5, 0.6) is 0 Å². The molecule has 0 saturated carbocycles. The molecular weight excluding hydrogens is 244 g/mol. The molecule has 2 amide bonds. The molecule has 0 aliphatic carbocycles. The fourth-order valence-electron chi connectivity index (χ4n) is 1.98. The Morgan fingerprint density at radius 2 is 2.05 bits per heavy atom. The fraction of sp³-hybridized carbons (Fsp3) is 0.429. The van der Waals surface area contributed by atoms with Gasteiger partial charge in [0.2, 0.25) is 0 Å². The van der Waals surface area contributed by atoms with Gasteiger partial charge in [0, 0.05) is 11.3 Å². The summed E-state index contributed by atoms with van der Waals surface area (Å²) in [6.45, 7) is 7.32. The number of fused-ring (bicyclic) bond motifs is 1. The average molecular weight is 262 g/mol. The molecule has 0 spiro atoms. The van der Waals surface area contributed by atoms with E-state index in [0.717, 1.165) is 5.56 Å². The van der Waals surface area contributed by atoms with Gasteiger partial charge in [-0.25, -0.2) is 4.79 Å². The molecule has 1 atom stereocenters. The first kappa shape index (κ1) is 13.4. The Hall–Kier alpha value is -2.04. The van der Waals surface area contributed by atoms with Crippen molar-refractivity contribution in [1.29, 1.82) is 0 Å². The van der Waals surface area contributed by atoms with Crippen LogP contribution >= 0.6 is 0 Å². The zero-order valence-electron chi connectivity index (χ0n) is 11.5. The third-order valence-electron chi connectivity index (χ3n) is 2.76. The number of benzene rings is 1. The number of hydrogen-bond acceptors (Lipinski definition) is 3. The predicted molar refractivity (Wildman–Crippen MR) is 72.2 cm³/mol. The van der Waals surface area contributed by atoms with E-state index in [1.165, 1.54) is 0 Å². The van der Waals surface area contributed by atoms with Crippen molar-refractivity contribution in [2.45, 2.75) is 39.3 Å². The highest BCUT2D eigenvalue weighted by Gasteiger charge is 2.25. The van der Waals surface area contributed by atoms with Crippen LogP contribution in [0.25, 0.3) is 0 Å². The maximum atomic E-state index is 11.7. The summed E-state index contributed by atoms with van der Waals surface area (Å²) >= 11 is 0. The van der Waals surface area contributed by atoms with Crippen molar-refractivity contribution >= 4 is 17.7 Å². The number of rotatable bonds is 1. The molecule has 2 N–H and O–H groups in total. The average Bonchev–Trinajstić information content (AvgIpc) is 2.51. The molecule has 1 aromatic rings. The second-order valence-electron chi connectivity index (χ2n) is 5.62. The van der Waals surface area contributed by atoms with Crippen molar-refractivity contribution in [2.75, 3.05) is 5.32 Å². The number of hydrogen-bond donors (Lipinski definition) is 2. The lowest BCUT2D eigenvalue weighted by molar-refractivity contribution is 0.0635. The van der Waals surface area contributed by atoms with Gasteiger partial charge in [-0.2, -0.15) is 0 Å². The highest BCUT2D eigenvalue weighted by Crippen LogP contribution is 2.27. The van der Waals surface area contributed by atoms with Crippen LogP contribution < -0.4 is 10.6 Å². The van der Waals surface area contributed by atoms with Gasteiger partial charge in [0.25, 0.3) is 5.91 Å². The molecule has 1 aliphatic rings. The van der Waals surface area contributed by atoms with E-state index in [0.29, 0.717) is 11.3 Å². The highest BCUT2D eigenvalue weighted by atomic mass is 16.6. The number of nitrogens with one attached hydrogen (secondary N) is 2. The molecule has 2 rings (SSSR count). The number of anilines is 1. The van der Waals surface area contributed by atoms with Gasteiger partial charge in [0.05, 0.1) is 6.04 Å². The Morgan fingerprint density at radius 3 is 2.68 bits per heavy atom. The van der Waals surface area contributed by atoms with E-state index in [1.807, 2.05) is 6.92 Å². The quantitative estimate of drug-likeness (QED) is 0.817. The van der Waals surface area contributed by atoms with Crippen molar-refractivity contribution in [3.05, 3.63) is 29.3 Å². The summed E-state index contributed by atoms with van der Waals surface area (Å²) in [4.78, 5) is 23.2. The van der Waals surface area contributed by atoms with Gasteiger partial charge >= 0.3 is 6.09 Å². The van der Waals surface area contributed by atoms with E-state index in [-0.39, 0.29) is 11.9 Å². The van der Waals surface area contributed by atoms with Crippen LogP contribution in [0.3, 0.4) is 0 Å². The molecule has 0 aromatic heterocycles. The van der Waals surface area contributed by atoms with Crippen LogP contribution in [0, 0.1) is 0 Å². The van der Waals surface area contributed by atoms with Crippen LogP contribution in [0.4, 0.5) is 10.5 Å². The fourth-order valence-corrected chi connectivity index (χ4v) is 1.98. The molecule has 1 aromatic carbocycles.